The zero-order valence-corrected chi connectivity index (χ0v) is 11.2. The van der Waals surface area contributed by atoms with Gasteiger partial charge < -0.3 is 14.9 Å². The number of benzene rings is 1. The lowest BCUT2D eigenvalue weighted by Gasteiger charge is -2.06. The van der Waals surface area contributed by atoms with Gasteiger partial charge in [-0.15, -0.1) is 0 Å². The third-order valence-electron chi connectivity index (χ3n) is 3.72. The fourth-order valence-electron chi connectivity index (χ4n) is 2.55. The highest BCUT2D eigenvalue weighted by Gasteiger charge is 2.24. The van der Waals surface area contributed by atoms with Crippen molar-refractivity contribution in [2.45, 2.75) is 32.0 Å². The van der Waals surface area contributed by atoms with Crippen LogP contribution in [0.3, 0.4) is 0 Å². The second-order valence-electron chi connectivity index (χ2n) is 5.33. The molecular weight excluding hydrogens is 250 g/mol. The predicted octanol–water partition coefficient (Wildman–Crippen LogP) is 2.38. The Kier molecular flexibility index (Phi) is 2.77. The predicted molar refractivity (Wildman–Crippen MR) is 77.1 cm³/mol. The van der Waals surface area contributed by atoms with Gasteiger partial charge in [-0.3, -0.25) is 0 Å². The first-order chi connectivity index (χ1) is 9.90. The number of H-pyrrole nitrogens is 1. The van der Waals surface area contributed by atoms with Crippen LogP contribution in [0.15, 0.2) is 36.8 Å². The van der Waals surface area contributed by atoms with Gasteiger partial charge in [-0.25, -0.2) is 9.97 Å². The SMILES string of the molecule is c1ccc2[nH]c(CNCc3cncn3C3CC3)nc2c1. The van der Waals surface area contributed by atoms with Gasteiger partial charge in [-0.05, 0) is 25.0 Å². The maximum Gasteiger partial charge on any atom is 0.121 e. The number of nitrogens with zero attached hydrogens (tertiary/aromatic N) is 3. The molecule has 0 bridgehead atoms. The number of aromatic nitrogens is 4. The molecule has 3 aromatic rings. The Bertz CT molecular complexity index is 690. The number of para-hydroxylation sites is 2. The quantitative estimate of drug-likeness (QED) is 0.746. The largest absolute Gasteiger partial charge is 0.341 e. The van der Waals surface area contributed by atoms with Crippen LogP contribution in [0.4, 0.5) is 0 Å². The molecule has 0 saturated heterocycles. The molecule has 1 saturated carbocycles. The number of fused-ring (bicyclic) bond motifs is 1. The third-order valence-corrected chi connectivity index (χ3v) is 3.72. The summed E-state index contributed by atoms with van der Waals surface area (Å²) in [6.45, 7) is 1.57. The molecule has 1 aliphatic carbocycles. The van der Waals surface area contributed by atoms with E-state index in [0.717, 1.165) is 29.9 Å². The lowest BCUT2D eigenvalue weighted by atomic mass is 10.3. The zero-order valence-electron chi connectivity index (χ0n) is 11.2. The van der Waals surface area contributed by atoms with Gasteiger partial charge in [0.1, 0.15) is 5.82 Å². The van der Waals surface area contributed by atoms with E-state index >= 15 is 0 Å². The molecule has 5 heteroatoms. The van der Waals surface area contributed by atoms with E-state index in [-0.39, 0.29) is 0 Å². The fraction of sp³-hybridized carbons (Fsp3) is 0.333. The molecule has 1 fully saturated rings. The minimum Gasteiger partial charge on any atom is -0.341 e. The van der Waals surface area contributed by atoms with Gasteiger partial charge in [0, 0.05) is 18.8 Å². The van der Waals surface area contributed by atoms with Crippen molar-refractivity contribution in [3.05, 3.63) is 48.3 Å². The van der Waals surface area contributed by atoms with E-state index in [1.807, 2.05) is 36.8 Å². The molecule has 0 radical (unpaired) electrons. The molecule has 20 heavy (non-hydrogen) atoms. The molecule has 0 spiro atoms. The summed E-state index contributed by atoms with van der Waals surface area (Å²) in [5.41, 5.74) is 3.36. The average molecular weight is 267 g/mol. The van der Waals surface area contributed by atoms with Gasteiger partial charge in [-0.2, -0.15) is 0 Å². The Morgan fingerprint density at radius 3 is 3.00 bits per heavy atom. The summed E-state index contributed by atoms with van der Waals surface area (Å²) < 4.78 is 2.28. The monoisotopic (exact) mass is 267 g/mol. The van der Waals surface area contributed by atoms with Gasteiger partial charge in [0.2, 0.25) is 0 Å². The van der Waals surface area contributed by atoms with Crippen LogP contribution in [-0.2, 0) is 13.1 Å². The van der Waals surface area contributed by atoms with Crippen molar-refractivity contribution in [3.63, 3.8) is 0 Å². The number of aromatic amines is 1. The van der Waals surface area contributed by atoms with Crippen LogP contribution in [0.5, 0.6) is 0 Å². The van der Waals surface area contributed by atoms with Crippen LogP contribution in [0.25, 0.3) is 11.0 Å². The summed E-state index contributed by atoms with van der Waals surface area (Å²) in [6.07, 6.45) is 6.46. The first-order valence-corrected chi connectivity index (χ1v) is 7.05. The molecule has 2 aromatic heterocycles. The number of hydrogen-bond donors (Lipinski definition) is 2. The summed E-state index contributed by atoms with van der Waals surface area (Å²) in [5, 5.41) is 3.43. The lowest BCUT2D eigenvalue weighted by Crippen LogP contribution is -2.16. The lowest BCUT2D eigenvalue weighted by molar-refractivity contribution is 0.611. The van der Waals surface area contributed by atoms with Crippen molar-refractivity contribution >= 4 is 11.0 Å². The highest BCUT2D eigenvalue weighted by molar-refractivity contribution is 5.74. The summed E-state index contributed by atoms with van der Waals surface area (Å²) in [5.74, 6) is 0.976. The molecule has 2 heterocycles. The van der Waals surface area contributed by atoms with E-state index in [2.05, 4.69) is 24.8 Å². The van der Waals surface area contributed by atoms with E-state index in [1.54, 1.807) is 0 Å². The van der Waals surface area contributed by atoms with Crippen molar-refractivity contribution in [2.24, 2.45) is 0 Å². The van der Waals surface area contributed by atoms with Crippen LogP contribution in [0.2, 0.25) is 0 Å². The maximum atomic E-state index is 4.56. The molecule has 0 unspecified atom stereocenters. The van der Waals surface area contributed by atoms with Crippen LogP contribution in [0.1, 0.15) is 30.4 Å². The van der Waals surface area contributed by atoms with Gasteiger partial charge in [0.25, 0.3) is 0 Å². The highest BCUT2D eigenvalue weighted by atomic mass is 15.1. The maximum absolute atomic E-state index is 4.56. The molecule has 4 rings (SSSR count). The fourth-order valence-corrected chi connectivity index (χ4v) is 2.55. The molecule has 1 aliphatic rings. The van der Waals surface area contributed by atoms with Gasteiger partial charge in [0.05, 0.1) is 29.6 Å². The number of nitrogens with one attached hydrogen (secondary N) is 2. The summed E-state index contributed by atoms with van der Waals surface area (Å²) >= 11 is 0. The Labute approximate surface area is 117 Å². The minimum atomic E-state index is 0.681. The normalized spacial score (nSPS) is 15.0. The van der Waals surface area contributed by atoms with Crippen LogP contribution in [-0.4, -0.2) is 19.5 Å². The Morgan fingerprint density at radius 1 is 1.25 bits per heavy atom. The number of rotatable bonds is 5. The van der Waals surface area contributed by atoms with Gasteiger partial charge >= 0.3 is 0 Å². The van der Waals surface area contributed by atoms with Crippen molar-refractivity contribution in [2.75, 3.05) is 0 Å². The molecule has 0 atom stereocenters. The molecule has 0 amide bonds. The highest BCUT2D eigenvalue weighted by Crippen LogP contribution is 2.35. The van der Waals surface area contributed by atoms with Crippen molar-refractivity contribution < 1.29 is 0 Å². The summed E-state index contributed by atoms with van der Waals surface area (Å²) in [7, 11) is 0. The first-order valence-electron chi connectivity index (χ1n) is 7.05. The van der Waals surface area contributed by atoms with E-state index in [1.165, 1.54) is 18.5 Å². The van der Waals surface area contributed by atoms with Gasteiger partial charge in [-0.1, -0.05) is 12.1 Å². The molecule has 1 aromatic carbocycles. The molecule has 0 aliphatic heterocycles. The minimum absolute atomic E-state index is 0.681. The molecule has 102 valence electrons. The van der Waals surface area contributed by atoms with Crippen LogP contribution < -0.4 is 5.32 Å². The van der Waals surface area contributed by atoms with E-state index < -0.39 is 0 Å². The Morgan fingerprint density at radius 2 is 2.15 bits per heavy atom. The molecule has 5 nitrogen and oxygen atoms in total. The summed E-state index contributed by atoms with van der Waals surface area (Å²) in [4.78, 5) is 12.1. The van der Waals surface area contributed by atoms with Crippen molar-refractivity contribution in [3.8, 4) is 0 Å². The average Bonchev–Trinajstić information content (AvgIpc) is 3.06. The third kappa shape index (κ3) is 2.20. The van der Waals surface area contributed by atoms with E-state index in [0.29, 0.717) is 6.04 Å². The number of hydrogen-bond acceptors (Lipinski definition) is 3. The zero-order chi connectivity index (χ0) is 13.4. The Balaban J connectivity index is 1.41. The molecular formula is C15H17N5. The summed E-state index contributed by atoms with van der Waals surface area (Å²) in [6, 6.07) is 8.78. The van der Waals surface area contributed by atoms with Crippen LogP contribution in [0, 0.1) is 0 Å². The smallest absolute Gasteiger partial charge is 0.121 e. The van der Waals surface area contributed by atoms with Crippen molar-refractivity contribution in [1.29, 1.82) is 0 Å². The van der Waals surface area contributed by atoms with E-state index in [4.69, 9.17) is 0 Å². The second-order valence-corrected chi connectivity index (χ2v) is 5.33. The topological polar surface area (TPSA) is 58.5 Å². The van der Waals surface area contributed by atoms with E-state index in [9.17, 15) is 0 Å². The molecule has 2 N–H and O–H groups in total. The first kappa shape index (κ1) is 11.7. The number of imidazole rings is 2. The second kappa shape index (κ2) is 4.76. The van der Waals surface area contributed by atoms with Crippen molar-refractivity contribution in [1.82, 2.24) is 24.8 Å². The standard InChI is InChI=1S/C15H17N5/c1-2-4-14-13(3-1)18-15(19-14)9-16-7-12-8-17-10-20(12)11-5-6-11/h1-4,8,10-11,16H,5-7,9H2,(H,18,19). The van der Waals surface area contributed by atoms with Gasteiger partial charge in [0.15, 0.2) is 0 Å². The van der Waals surface area contributed by atoms with Crippen LogP contribution >= 0.6 is 0 Å². The Hall–Kier alpha value is -2.14.